The summed E-state index contributed by atoms with van der Waals surface area (Å²) in [5.41, 5.74) is 8.83. The second-order valence-electron chi connectivity index (χ2n) is 4.99. The SMILES string of the molecule is CC(N)c1c(C#N)c2ccccc2n1-c1cccc(F)c1. The Labute approximate surface area is 122 Å². The van der Waals surface area contributed by atoms with Crippen molar-refractivity contribution in [2.75, 3.05) is 0 Å². The number of aromatic nitrogens is 1. The van der Waals surface area contributed by atoms with Gasteiger partial charge in [-0.25, -0.2) is 4.39 Å². The summed E-state index contributed by atoms with van der Waals surface area (Å²) >= 11 is 0. The van der Waals surface area contributed by atoms with Crippen molar-refractivity contribution >= 4 is 10.9 Å². The molecule has 0 saturated carbocycles. The van der Waals surface area contributed by atoms with Crippen LogP contribution in [0.25, 0.3) is 16.6 Å². The van der Waals surface area contributed by atoms with Gasteiger partial charge in [-0.1, -0.05) is 24.3 Å². The molecule has 104 valence electrons. The molecule has 0 aliphatic rings. The molecule has 0 radical (unpaired) electrons. The zero-order valence-electron chi connectivity index (χ0n) is 11.5. The van der Waals surface area contributed by atoms with Crippen molar-refractivity contribution in [3.05, 3.63) is 65.6 Å². The van der Waals surface area contributed by atoms with Gasteiger partial charge < -0.3 is 10.3 Å². The molecule has 0 saturated heterocycles. The average Bonchev–Trinajstić information content (AvgIpc) is 2.81. The van der Waals surface area contributed by atoms with Crippen molar-refractivity contribution in [1.29, 1.82) is 5.26 Å². The minimum absolute atomic E-state index is 0.320. The third kappa shape index (κ3) is 2.08. The highest BCUT2D eigenvalue weighted by molar-refractivity contribution is 5.90. The highest BCUT2D eigenvalue weighted by Gasteiger charge is 2.20. The van der Waals surface area contributed by atoms with Crippen molar-refractivity contribution in [3.8, 4) is 11.8 Å². The highest BCUT2D eigenvalue weighted by atomic mass is 19.1. The molecule has 0 bridgehead atoms. The van der Waals surface area contributed by atoms with Crippen LogP contribution in [0, 0.1) is 17.1 Å². The van der Waals surface area contributed by atoms with Gasteiger partial charge in [-0.05, 0) is 31.2 Å². The molecular weight excluding hydrogens is 265 g/mol. The number of hydrogen-bond donors (Lipinski definition) is 1. The molecule has 1 unspecified atom stereocenters. The van der Waals surface area contributed by atoms with Crippen molar-refractivity contribution in [2.24, 2.45) is 5.73 Å². The summed E-state index contributed by atoms with van der Waals surface area (Å²) < 4.78 is 15.4. The fraction of sp³-hybridized carbons (Fsp3) is 0.118. The number of benzene rings is 2. The largest absolute Gasteiger partial charge is 0.323 e. The Bertz CT molecular complexity index is 856. The van der Waals surface area contributed by atoms with Crippen LogP contribution in [0.15, 0.2) is 48.5 Å². The first-order chi connectivity index (χ1) is 10.1. The molecule has 0 spiro atoms. The van der Waals surface area contributed by atoms with E-state index >= 15 is 0 Å². The van der Waals surface area contributed by atoms with Crippen molar-refractivity contribution in [1.82, 2.24) is 4.57 Å². The van der Waals surface area contributed by atoms with Gasteiger partial charge in [-0.3, -0.25) is 0 Å². The summed E-state index contributed by atoms with van der Waals surface area (Å²) in [7, 11) is 0. The average molecular weight is 279 g/mol. The Morgan fingerprint density at radius 3 is 2.62 bits per heavy atom. The third-order valence-corrected chi connectivity index (χ3v) is 3.52. The van der Waals surface area contributed by atoms with E-state index in [4.69, 9.17) is 5.73 Å². The summed E-state index contributed by atoms with van der Waals surface area (Å²) in [6.45, 7) is 1.82. The fourth-order valence-electron chi connectivity index (χ4n) is 2.70. The van der Waals surface area contributed by atoms with E-state index in [0.29, 0.717) is 16.9 Å². The second kappa shape index (κ2) is 5.04. The van der Waals surface area contributed by atoms with Crippen LogP contribution in [0.3, 0.4) is 0 Å². The van der Waals surface area contributed by atoms with Gasteiger partial charge in [-0.2, -0.15) is 5.26 Å². The quantitative estimate of drug-likeness (QED) is 0.778. The summed E-state index contributed by atoms with van der Waals surface area (Å²) in [4.78, 5) is 0. The van der Waals surface area contributed by atoms with E-state index in [0.717, 1.165) is 10.9 Å². The summed E-state index contributed by atoms with van der Waals surface area (Å²) in [6, 6.07) is 15.8. The van der Waals surface area contributed by atoms with E-state index in [1.807, 2.05) is 41.8 Å². The molecule has 0 amide bonds. The Morgan fingerprint density at radius 2 is 1.95 bits per heavy atom. The zero-order chi connectivity index (χ0) is 15.0. The van der Waals surface area contributed by atoms with Crippen LogP contribution >= 0.6 is 0 Å². The monoisotopic (exact) mass is 279 g/mol. The van der Waals surface area contributed by atoms with Crippen LogP contribution in [0.4, 0.5) is 4.39 Å². The van der Waals surface area contributed by atoms with E-state index < -0.39 is 0 Å². The van der Waals surface area contributed by atoms with Crippen LogP contribution in [-0.4, -0.2) is 4.57 Å². The molecule has 0 aliphatic heterocycles. The molecule has 0 aliphatic carbocycles. The standard InChI is InChI=1S/C17H14FN3/c1-11(20)17-15(10-19)14-7-2-3-8-16(14)21(17)13-6-4-5-12(18)9-13/h2-9,11H,20H2,1H3. The van der Waals surface area contributed by atoms with E-state index in [9.17, 15) is 9.65 Å². The van der Waals surface area contributed by atoms with Gasteiger partial charge >= 0.3 is 0 Å². The number of fused-ring (bicyclic) bond motifs is 1. The highest BCUT2D eigenvalue weighted by Crippen LogP contribution is 2.32. The molecule has 21 heavy (non-hydrogen) atoms. The molecule has 1 atom stereocenters. The Hall–Kier alpha value is -2.64. The Kier molecular flexibility index (Phi) is 3.20. The maximum Gasteiger partial charge on any atom is 0.125 e. The molecule has 2 N–H and O–H groups in total. The lowest BCUT2D eigenvalue weighted by Gasteiger charge is -2.13. The topological polar surface area (TPSA) is 54.7 Å². The van der Waals surface area contributed by atoms with Gasteiger partial charge in [0.2, 0.25) is 0 Å². The number of nitriles is 1. The molecule has 4 heteroatoms. The molecule has 2 aromatic carbocycles. The van der Waals surface area contributed by atoms with Gasteiger partial charge in [0.15, 0.2) is 0 Å². The lowest BCUT2D eigenvalue weighted by atomic mass is 10.1. The zero-order valence-corrected chi connectivity index (χ0v) is 11.5. The molecule has 3 rings (SSSR count). The van der Waals surface area contributed by atoms with Gasteiger partial charge in [0, 0.05) is 17.1 Å². The minimum atomic E-state index is -0.338. The maximum absolute atomic E-state index is 13.6. The Morgan fingerprint density at radius 1 is 1.19 bits per heavy atom. The molecule has 3 aromatic rings. The van der Waals surface area contributed by atoms with Crippen molar-refractivity contribution in [3.63, 3.8) is 0 Å². The van der Waals surface area contributed by atoms with Crippen LogP contribution in [0.5, 0.6) is 0 Å². The molecule has 1 aromatic heterocycles. The second-order valence-corrected chi connectivity index (χ2v) is 4.99. The predicted molar refractivity (Wildman–Crippen MR) is 80.6 cm³/mol. The maximum atomic E-state index is 13.6. The van der Waals surface area contributed by atoms with E-state index in [1.165, 1.54) is 12.1 Å². The smallest absolute Gasteiger partial charge is 0.125 e. The number of nitrogens with two attached hydrogens (primary N) is 1. The fourth-order valence-corrected chi connectivity index (χ4v) is 2.70. The molecule has 3 nitrogen and oxygen atoms in total. The van der Waals surface area contributed by atoms with E-state index in [1.54, 1.807) is 6.07 Å². The number of halogens is 1. The van der Waals surface area contributed by atoms with Crippen LogP contribution in [-0.2, 0) is 0 Å². The van der Waals surface area contributed by atoms with Crippen molar-refractivity contribution < 1.29 is 4.39 Å². The number of nitrogens with zero attached hydrogens (tertiary/aromatic N) is 2. The third-order valence-electron chi connectivity index (χ3n) is 3.52. The summed E-state index contributed by atoms with van der Waals surface area (Å²) in [5, 5.41) is 10.3. The lowest BCUT2D eigenvalue weighted by molar-refractivity contribution is 0.626. The molecule has 1 heterocycles. The van der Waals surface area contributed by atoms with Crippen LogP contribution in [0.2, 0.25) is 0 Å². The number of para-hydroxylation sites is 1. The van der Waals surface area contributed by atoms with E-state index in [-0.39, 0.29) is 11.9 Å². The van der Waals surface area contributed by atoms with Crippen LogP contribution < -0.4 is 5.73 Å². The van der Waals surface area contributed by atoms with Gasteiger partial charge in [0.1, 0.15) is 11.9 Å². The molecule has 0 fully saturated rings. The number of rotatable bonds is 2. The minimum Gasteiger partial charge on any atom is -0.323 e. The first kappa shape index (κ1) is 13.3. The van der Waals surface area contributed by atoms with Crippen LogP contribution in [0.1, 0.15) is 24.2 Å². The van der Waals surface area contributed by atoms with Gasteiger partial charge in [0.25, 0.3) is 0 Å². The van der Waals surface area contributed by atoms with Gasteiger partial charge in [-0.15, -0.1) is 0 Å². The lowest BCUT2D eigenvalue weighted by Crippen LogP contribution is -2.12. The Balaban J connectivity index is 2.46. The predicted octanol–water partition coefficient (Wildman–Crippen LogP) is 3.66. The molecular formula is C17H14FN3. The normalized spacial score (nSPS) is 12.3. The first-order valence-corrected chi connectivity index (χ1v) is 6.68. The van der Waals surface area contributed by atoms with Gasteiger partial charge in [0.05, 0.1) is 16.8 Å². The first-order valence-electron chi connectivity index (χ1n) is 6.68. The number of hydrogen-bond acceptors (Lipinski definition) is 2. The van der Waals surface area contributed by atoms with E-state index in [2.05, 4.69) is 6.07 Å². The summed E-state index contributed by atoms with van der Waals surface area (Å²) in [6.07, 6.45) is 0. The van der Waals surface area contributed by atoms with Crippen molar-refractivity contribution in [2.45, 2.75) is 13.0 Å². The summed E-state index contributed by atoms with van der Waals surface area (Å²) in [5.74, 6) is -0.320.